The van der Waals surface area contributed by atoms with Crippen LogP contribution in [0.1, 0.15) is 62.7 Å². The minimum Gasteiger partial charge on any atom is -0.492 e. The number of para-hydroxylation sites is 1. The van der Waals surface area contributed by atoms with Crippen molar-refractivity contribution >= 4 is 17.8 Å². The number of hydrogen-bond acceptors (Lipinski definition) is 5. The van der Waals surface area contributed by atoms with Crippen LogP contribution in [0.2, 0.25) is 0 Å². The summed E-state index contributed by atoms with van der Waals surface area (Å²) in [5, 5.41) is 2.76. The zero-order valence-electron chi connectivity index (χ0n) is 17.9. The number of carbonyl (C=O) groups is 3. The first-order chi connectivity index (χ1) is 14.5. The maximum Gasteiger partial charge on any atom is 0.308 e. The highest BCUT2D eigenvalue weighted by Gasteiger charge is 2.37. The molecule has 7 heteroatoms. The normalized spacial score (nSPS) is 20.0. The molecule has 1 saturated heterocycles. The third-order valence-electron chi connectivity index (χ3n) is 5.49. The highest BCUT2D eigenvalue weighted by atomic mass is 16.5. The zero-order chi connectivity index (χ0) is 21.5. The van der Waals surface area contributed by atoms with Gasteiger partial charge in [-0.2, -0.15) is 0 Å². The molecule has 30 heavy (non-hydrogen) atoms. The molecular formula is C23H32N2O5. The van der Waals surface area contributed by atoms with E-state index < -0.39 is 12.0 Å². The third-order valence-corrected chi connectivity index (χ3v) is 5.49. The van der Waals surface area contributed by atoms with Gasteiger partial charge < -0.3 is 19.7 Å². The van der Waals surface area contributed by atoms with Crippen LogP contribution in [0.4, 0.5) is 0 Å². The Hall–Kier alpha value is -2.57. The van der Waals surface area contributed by atoms with Gasteiger partial charge in [-0.3, -0.25) is 14.4 Å². The van der Waals surface area contributed by atoms with Crippen molar-refractivity contribution in [2.45, 2.75) is 64.5 Å². The van der Waals surface area contributed by atoms with E-state index in [2.05, 4.69) is 5.32 Å². The molecule has 2 amide bonds. The van der Waals surface area contributed by atoms with E-state index in [4.69, 9.17) is 9.47 Å². The lowest BCUT2D eigenvalue weighted by Crippen LogP contribution is -2.58. The Morgan fingerprint density at radius 2 is 1.90 bits per heavy atom. The highest BCUT2D eigenvalue weighted by Crippen LogP contribution is 2.24. The smallest absolute Gasteiger partial charge is 0.308 e. The van der Waals surface area contributed by atoms with Crippen molar-refractivity contribution in [3.05, 3.63) is 29.8 Å². The summed E-state index contributed by atoms with van der Waals surface area (Å²) in [7, 11) is 0. The van der Waals surface area contributed by atoms with E-state index in [0.29, 0.717) is 36.9 Å². The van der Waals surface area contributed by atoms with Crippen molar-refractivity contribution in [2.75, 3.05) is 19.7 Å². The molecule has 164 valence electrons. The van der Waals surface area contributed by atoms with Gasteiger partial charge in [0.25, 0.3) is 5.91 Å². The molecule has 7 nitrogen and oxygen atoms in total. The van der Waals surface area contributed by atoms with E-state index in [9.17, 15) is 14.4 Å². The van der Waals surface area contributed by atoms with Crippen molar-refractivity contribution < 1.29 is 23.9 Å². The van der Waals surface area contributed by atoms with Gasteiger partial charge in [0.2, 0.25) is 5.91 Å². The molecule has 1 saturated carbocycles. The standard InChI is InChI=1S/C23H32N2O5/c1-16(2)15-29-20-11-7-6-10-18(20)23(28)25-13-12-24-22(27)19(25)14-21(26)30-17-8-4-3-5-9-17/h6-7,10-11,16-17,19H,3-5,8-9,12-15H2,1-2H3,(H,24,27)/t19-/m1/s1. The number of nitrogens with zero attached hydrogens (tertiary/aromatic N) is 1. The topological polar surface area (TPSA) is 84.9 Å². The minimum atomic E-state index is -0.875. The summed E-state index contributed by atoms with van der Waals surface area (Å²) in [6.07, 6.45) is 4.80. The van der Waals surface area contributed by atoms with Crippen LogP contribution in [0.5, 0.6) is 5.75 Å². The van der Waals surface area contributed by atoms with Crippen LogP contribution in [0.25, 0.3) is 0 Å². The van der Waals surface area contributed by atoms with Crippen molar-refractivity contribution in [1.82, 2.24) is 10.2 Å². The van der Waals surface area contributed by atoms with Gasteiger partial charge in [-0.05, 0) is 43.7 Å². The predicted octanol–water partition coefficient (Wildman–Crippen LogP) is 2.93. The maximum atomic E-state index is 13.3. The molecule has 1 aliphatic heterocycles. The number of piperazine rings is 1. The first-order valence-corrected chi connectivity index (χ1v) is 11.0. The Morgan fingerprint density at radius 1 is 1.17 bits per heavy atom. The number of ether oxygens (including phenoxy) is 2. The zero-order valence-corrected chi connectivity index (χ0v) is 17.9. The van der Waals surface area contributed by atoms with E-state index in [0.717, 1.165) is 25.7 Å². The van der Waals surface area contributed by atoms with E-state index >= 15 is 0 Å². The van der Waals surface area contributed by atoms with Gasteiger partial charge in [0.1, 0.15) is 17.9 Å². The van der Waals surface area contributed by atoms with Crippen LogP contribution < -0.4 is 10.1 Å². The summed E-state index contributed by atoms with van der Waals surface area (Å²) in [5.41, 5.74) is 0.401. The molecule has 0 aromatic heterocycles. The summed E-state index contributed by atoms with van der Waals surface area (Å²) in [4.78, 5) is 39.8. The summed E-state index contributed by atoms with van der Waals surface area (Å²) < 4.78 is 11.4. The van der Waals surface area contributed by atoms with E-state index in [1.165, 1.54) is 11.3 Å². The van der Waals surface area contributed by atoms with Crippen LogP contribution >= 0.6 is 0 Å². The molecule has 0 unspecified atom stereocenters. The third kappa shape index (κ3) is 5.74. The van der Waals surface area contributed by atoms with Gasteiger partial charge in [0.15, 0.2) is 0 Å². The molecule has 1 aromatic rings. The summed E-state index contributed by atoms with van der Waals surface area (Å²) in [6, 6.07) is 6.16. The Labute approximate surface area is 178 Å². The fourth-order valence-corrected chi connectivity index (χ4v) is 3.92. The van der Waals surface area contributed by atoms with Crippen LogP contribution in [0.15, 0.2) is 24.3 Å². The molecular weight excluding hydrogens is 384 g/mol. The van der Waals surface area contributed by atoms with Gasteiger partial charge in [-0.25, -0.2) is 0 Å². The van der Waals surface area contributed by atoms with Gasteiger partial charge in [-0.1, -0.05) is 32.4 Å². The Morgan fingerprint density at radius 3 is 2.63 bits per heavy atom. The molecule has 1 atom stereocenters. The predicted molar refractivity (Wildman–Crippen MR) is 112 cm³/mol. The van der Waals surface area contributed by atoms with Crippen LogP contribution in [-0.2, 0) is 14.3 Å². The summed E-state index contributed by atoms with van der Waals surface area (Å²) >= 11 is 0. The van der Waals surface area contributed by atoms with Gasteiger partial charge in [-0.15, -0.1) is 0 Å². The summed E-state index contributed by atoms with van der Waals surface area (Å²) in [5.74, 6) is -0.247. The monoisotopic (exact) mass is 416 g/mol. The number of carbonyl (C=O) groups excluding carboxylic acids is 3. The molecule has 1 N–H and O–H groups in total. The molecule has 1 heterocycles. The SMILES string of the molecule is CC(C)COc1ccccc1C(=O)N1CCNC(=O)[C@H]1CC(=O)OC1CCCCC1. The second-order valence-corrected chi connectivity index (χ2v) is 8.46. The van der Waals surface area contributed by atoms with E-state index in [1.807, 2.05) is 19.9 Å². The van der Waals surface area contributed by atoms with Crippen molar-refractivity contribution in [3.8, 4) is 5.75 Å². The highest BCUT2D eigenvalue weighted by molar-refractivity contribution is 6.01. The van der Waals surface area contributed by atoms with Crippen molar-refractivity contribution in [2.24, 2.45) is 5.92 Å². The van der Waals surface area contributed by atoms with Crippen LogP contribution in [-0.4, -0.2) is 54.5 Å². The van der Waals surface area contributed by atoms with Crippen molar-refractivity contribution in [3.63, 3.8) is 0 Å². The minimum absolute atomic E-state index is 0.0767. The largest absolute Gasteiger partial charge is 0.492 e. The lowest BCUT2D eigenvalue weighted by molar-refractivity contribution is -0.153. The number of rotatable bonds is 7. The average molecular weight is 417 g/mol. The maximum absolute atomic E-state index is 13.3. The van der Waals surface area contributed by atoms with Gasteiger partial charge >= 0.3 is 5.97 Å². The summed E-state index contributed by atoms with van der Waals surface area (Å²) in [6.45, 7) is 5.25. The Balaban J connectivity index is 1.71. The average Bonchev–Trinajstić information content (AvgIpc) is 2.74. The van der Waals surface area contributed by atoms with Crippen LogP contribution in [0.3, 0.4) is 0 Å². The number of amides is 2. The fraction of sp³-hybridized carbons (Fsp3) is 0.609. The quantitative estimate of drug-likeness (QED) is 0.691. The molecule has 0 bridgehead atoms. The lowest BCUT2D eigenvalue weighted by atomic mass is 9.98. The Bertz CT molecular complexity index is 758. The molecule has 1 aliphatic carbocycles. The molecule has 2 fully saturated rings. The first-order valence-electron chi connectivity index (χ1n) is 11.0. The lowest BCUT2D eigenvalue weighted by Gasteiger charge is -2.35. The van der Waals surface area contributed by atoms with Gasteiger partial charge in [0.05, 0.1) is 18.6 Å². The van der Waals surface area contributed by atoms with Crippen molar-refractivity contribution in [1.29, 1.82) is 0 Å². The fourth-order valence-electron chi connectivity index (χ4n) is 3.92. The van der Waals surface area contributed by atoms with Gasteiger partial charge in [0, 0.05) is 13.1 Å². The molecule has 2 aliphatic rings. The second kappa shape index (κ2) is 10.5. The molecule has 0 radical (unpaired) electrons. The second-order valence-electron chi connectivity index (χ2n) is 8.46. The Kier molecular flexibility index (Phi) is 7.71. The van der Waals surface area contributed by atoms with Crippen LogP contribution in [0, 0.1) is 5.92 Å². The number of esters is 1. The number of nitrogens with one attached hydrogen (secondary N) is 1. The van der Waals surface area contributed by atoms with E-state index in [1.54, 1.807) is 18.2 Å². The van der Waals surface area contributed by atoms with E-state index in [-0.39, 0.29) is 24.3 Å². The molecule has 3 rings (SSSR count). The number of benzene rings is 1. The molecule has 1 aromatic carbocycles. The first kappa shape index (κ1) is 22.1. The molecule has 0 spiro atoms. The number of hydrogen-bond donors (Lipinski definition) is 1.